The summed E-state index contributed by atoms with van der Waals surface area (Å²) in [5.41, 5.74) is 11.9. The highest BCUT2D eigenvalue weighted by molar-refractivity contribution is 7.98. The minimum Gasteiger partial charge on any atom is -0.404 e. The topological polar surface area (TPSA) is 86.4 Å². The van der Waals surface area contributed by atoms with Crippen LogP contribution in [0.5, 0.6) is 0 Å². The van der Waals surface area contributed by atoms with Crippen molar-refractivity contribution in [2.24, 2.45) is 16.5 Å². The van der Waals surface area contributed by atoms with Crippen LogP contribution in [-0.4, -0.2) is 22.4 Å². The molecular weight excluding hydrogens is 248 g/mol. The molecule has 18 heavy (non-hydrogen) atoms. The Kier molecular flexibility index (Phi) is 5.51. The van der Waals surface area contributed by atoms with Crippen LogP contribution in [0.1, 0.15) is 6.92 Å². The first-order valence-corrected chi connectivity index (χ1v) is 6.91. The molecule has 0 spiro atoms. The van der Waals surface area contributed by atoms with E-state index in [2.05, 4.69) is 4.99 Å². The maximum absolute atomic E-state index is 12.1. The molecule has 0 radical (unpaired) electrons. The van der Waals surface area contributed by atoms with E-state index >= 15 is 0 Å². The Bertz CT molecular complexity index is 519. The lowest BCUT2D eigenvalue weighted by molar-refractivity contribution is 0.736. The van der Waals surface area contributed by atoms with Crippen molar-refractivity contribution in [3.8, 4) is 0 Å². The number of amidine groups is 1. The van der Waals surface area contributed by atoms with E-state index in [0.29, 0.717) is 17.8 Å². The fraction of sp³-hybridized carbons (Fsp3) is 0.333. The highest BCUT2D eigenvalue weighted by Crippen LogP contribution is 2.06. The van der Waals surface area contributed by atoms with Gasteiger partial charge in [-0.25, -0.2) is 4.99 Å². The van der Waals surface area contributed by atoms with Gasteiger partial charge in [-0.15, -0.1) is 0 Å². The average Bonchev–Trinajstić information content (AvgIpc) is 2.38. The van der Waals surface area contributed by atoms with E-state index in [1.807, 2.05) is 6.26 Å². The van der Waals surface area contributed by atoms with Crippen molar-refractivity contribution < 1.29 is 0 Å². The summed E-state index contributed by atoms with van der Waals surface area (Å²) in [6, 6.07) is 3.43. The maximum Gasteiger partial charge on any atom is 0.276 e. The quantitative estimate of drug-likeness (QED) is 0.616. The summed E-state index contributed by atoms with van der Waals surface area (Å²) in [5, 5.41) is 0. The van der Waals surface area contributed by atoms with Crippen molar-refractivity contribution in [3.63, 3.8) is 0 Å². The molecular formula is C12H18N4OS. The predicted octanol–water partition coefficient (Wildman–Crippen LogP) is 1.06. The lowest BCUT2D eigenvalue weighted by atomic mass is 10.3. The van der Waals surface area contributed by atoms with Gasteiger partial charge in [0.15, 0.2) is 0 Å². The molecule has 1 aromatic heterocycles. The number of aliphatic imine (C=N–C) groups is 1. The third kappa shape index (κ3) is 3.66. The van der Waals surface area contributed by atoms with Crippen LogP contribution < -0.4 is 17.0 Å². The maximum atomic E-state index is 12.1. The normalized spacial score (nSPS) is 12.8. The Morgan fingerprint density at radius 1 is 1.61 bits per heavy atom. The number of thioether (sulfide) groups is 1. The van der Waals surface area contributed by atoms with Gasteiger partial charge in [0.25, 0.3) is 5.56 Å². The summed E-state index contributed by atoms with van der Waals surface area (Å²) in [7, 11) is 0. The van der Waals surface area contributed by atoms with E-state index < -0.39 is 0 Å². The van der Waals surface area contributed by atoms with Gasteiger partial charge >= 0.3 is 0 Å². The molecule has 0 atom stereocenters. The van der Waals surface area contributed by atoms with Crippen molar-refractivity contribution in [2.45, 2.75) is 13.5 Å². The lowest BCUT2D eigenvalue weighted by Crippen LogP contribution is -2.21. The number of aromatic nitrogens is 1. The third-order valence-corrected chi connectivity index (χ3v) is 3.02. The van der Waals surface area contributed by atoms with E-state index in [9.17, 15) is 4.79 Å². The minimum atomic E-state index is -0.140. The summed E-state index contributed by atoms with van der Waals surface area (Å²) in [5.74, 6) is 1.14. The molecule has 6 heteroatoms. The van der Waals surface area contributed by atoms with Gasteiger partial charge in [-0.2, -0.15) is 11.8 Å². The smallest absolute Gasteiger partial charge is 0.276 e. The molecule has 1 heterocycles. The summed E-state index contributed by atoms with van der Waals surface area (Å²) in [4.78, 5) is 16.2. The van der Waals surface area contributed by atoms with Gasteiger partial charge in [0.05, 0.1) is 0 Å². The molecule has 0 aromatic carbocycles. The van der Waals surface area contributed by atoms with Crippen molar-refractivity contribution in [3.05, 3.63) is 40.5 Å². The largest absolute Gasteiger partial charge is 0.404 e. The summed E-state index contributed by atoms with van der Waals surface area (Å²) in [6.07, 6.45) is 5.12. The standard InChI is InChI=1S/C12H18N4OS/c1-9(8-13)11(14)15-10-4-3-5-16(12(10)17)6-7-18-2/h3-5,8H,6-7,13H2,1-2H3,(H2,14,15). The first-order valence-electron chi connectivity index (χ1n) is 5.51. The SMILES string of the molecule is CSCCn1cccc(N=C(N)C(C)=CN)c1=O. The van der Waals surface area contributed by atoms with Gasteiger partial charge in [0, 0.05) is 30.3 Å². The van der Waals surface area contributed by atoms with Crippen LogP contribution in [0.25, 0.3) is 0 Å². The molecule has 0 fully saturated rings. The zero-order chi connectivity index (χ0) is 13.5. The van der Waals surface area contributed by atoms with Crippen LogP contribution in [-0.2, 0) is 6.54 Å². The Hall–Kier alpha value is -1.69. The molecule has 0 aliphatic rings. The van der Waals surface area contributed by atoms with Gasteiger partial charge in [-0.1, -0.05) is 0 Å². The molecule has 0 saturated carbocycles. The van der Waals surface area contributed by atoms with Crippen LogP contribution in [0.3, 0.4) is 0 Å². The van der Waals surface area contributed by atoms with Crippen molar-refractivity contribution >= 4 is 23.3 Å². The second kappa shape index (κ2) is 6.90. The molecule has 0 saturated heterocycles. The predicted molar refractivity (Wildman–Crippen MR) is 78.3 cm³/mol. The molecule has 1 aromatic rings. The first-order chi connectivity index (χ1) is 8.60. The number of nitrogens with zero attached hydrogens (tertiary/aromatic N) is 2. The van der Waals surface area contributed by atoms with Gasteiger partial charge < -0.3 is 16.0 Å². The number of rotatable bonds is 5. The molecule has 0 bridgehead atoms. The monoisotopic (exact) mass is 266 g/mol. The molecule has 4 N–H and O–H groups in total. The number of pyridine rings is 1. The van der Waals surface area contributed by atoms with Crippen LogP contribution >= 0.6 is 11.8 Å². The molecule has 5 nitrogen and oxygen atoms in total. The van der Waals surface area contributed by atoms with Gasteiger partial charge in [0.2, 0.25) is 0 Å². The van der Waals surface area contributed by atoms with E-state index in [1.54, 1.807) is 41.6 Å². The van der Waals surface area contributed by atoms with Crippen LogP contribution in [0, 0.1) is 0 Å². The Labute approximate surface area is 111 Å². The van der Waals surface area contributed by atoms with Gasteiger partial charge in [-0.05, 0) is 25.3 Å². The minimum absolute atomic E-state index is 0.140. The van der Waals surface area contributed by atoms with Crippen LogP contribution in [0.4, 0.5) is 5.69 Å². The molecule has 0 aliphatic carbocycles. The highest BCUT2D eigenvalue weighted by Gasteiger charge is 2.03. The Morgan fingerprint density at radius 2 is 2.33 bits per heavy atom. The molecule has 0 unspecified atom stereocenters. The van der Waals surface area contributed by atoms with Gasteiger partial charge in [-0.3, -0.25) is 4.79 Å². The van der Waals surface area contributed by atoms with E-state index in [0.717, 1.165) is 5.75 Å². The second-order valence-corrected chi connectivity index (χ2v) is 4.72. The van der Waals surface area contributed by atoms with Crippen molar-refractivity contribution in [1.82, 2.24) is 4.57 Å². The number of aryl methyl sites for hydroxylation is 1. The zero-order valence-electron chi connectivity index (χ0n) is 10.6. The summed E-state index contributed by atoms with van der Waals surface area (Å²) < 4.78 is 1.63. The van der Waals surface area contributed by atoms with Crippen LogP contribution in [0.15, 0.2) is 39.9 Å². The molecule has 0 aliphatic heterocycles. The Morgan fingerprint density at radius 3 is 2.94 bits per heavy atom. The Balaban J connectivity index is 3.08. The van der Waals surface area contributed by atoms with Gasteiger partial charge in [0.1, 0.15) is 11.5 Å². The second-order valence-electron chi connectivity index (χ2n) is 3.73. The van der Waals surface area contributed by atoms with Crippen LogP contribution in [0.2, 0.25) is 0 Å². The average molecular weight is 266 g/mol. The molecule has 98 valence electrons. The molecule has 1 rings (SSSR count). The summed E-state index contributed by atoms with van der Waals surface area (Å²) >= 11 is 1.69. The number of hydrogen-bond acceptors (Lipinski definition) is 4. The van der Waals surface area contributed by atoms with E-state index in [-0.39, 0.29) is 11.4 Å². The summed E-state index contributed by atoms with van der Waals surface area (Å²) in [6.45, 7) is 2.41. The molecule has 0 amide bonds. The number of nitrogens with two attached hydrogens (primary N) is 2. The van der Waals surface area contributed by atoms with E-state index in [4.69, 9.17) is 11.5 Å². The number of hydrogen-bond donors (Lipinski definition) is 2. The fourth-order valence-corrected chi connectivity index (χ4v) is 1.66. The zero-order valence-corrected chi connectivity index (χ0v) is 11.4. The highest BCUT2D eigenvalue weighted by atomic mass is 32.2. The lowest BCUT2D eigenvalue weighted by Gasteiger charge is -2.05. The third-order valence-electron chi connectivity index (χ3n) is 2.43. The van der Waals surface area contributed by atoms with E-state index in [1.165, 1.54) is 6.20 Å². The fourth-order valence-electron chi connectivity index (χ4n) is 1.28. The van der Waals surface area contributed by atoms with Crippen molar-refractivity contribution in [2.75, 3.05) is 12.0 Å². The van der Waals surface area contributed by atoms with Crippen molar-refractivity contribution in [1.29, 1.82) is 0 Å². The first kappa shape index (κ1) is 14.4.